The lowest BCUT2D eigenvalue weighted by atomic mass is 9.95. The van der Waals surface area contributed by atoms with Gasteiger partial charge in [0.05, 0.1) is 0 Å². The zero-order valence-electron chi connectivity index (χ0n) is 18.6. The Hall–Kier alpha value is -3.88. The van der Waals surface area contributed by atoms with Gasteiger partial charge in [-0.1, -0.05) is 43.0 Å². The molecular formula is C24H28N6O3. The van der Waals surface area contributed by atoms with Crippen molar-refractivity contribution < 1.29 is 14.3 Å². The number of benzene rings is 2. The van der Waals surface area contributed by atoms with Crippen molar-refractivity contribution in [3.05, 3.63) is 59.7 Å². The van der Waals surface area contributed by atoms with E-state index in [9.17, 15) is 9.59 Å². The van der Waals surface area contributed by atoms with Crippen LogP contribution in [0.4, 0.5) is 17.6 Å². The first kappa shape index (κ1) is 22.3. The summed E-state index contributed by atoms with van der Waals surface area (Å²) in [6, 6.07) is 14.5. The fraction of sp³-hybridized carbons (Fsp3) is 0.333. The van der Waals surface area contributed by atoms with E-state index in [-0.39, 0.29) is 36.4 Å². The summed E-state index contributed by atoms with van der Waals surface area (Å²) >= 11 is 0. The number of nitrogens with two attached hydrogens (primary N) is 1. The van der Waals surface area contributed by atoms with Gasteiger partial charge in [-0.2, -0.15) is 9.67 Å². The Labute approximate surface area is 192 Å². The number of anilines is 3. The summed E-state index contributed by atoms with van der Waals surface area (Å²) in [5.74, 6) is 0.208. The Kier molecular flexibility index (Phi) is 6.87. The number of hydrogen-bond acceptors (Lipinski definition) is 7. The number of aryl methyl sites for hydroxylation is 1. The predicted octanol–water partition coefficient (Wildman–Crippen LogP) is 3.43. The van der Waals surface area contributed by atoms with Crippen LogP contribution in [0.1, 0.15) is 48.0 Å². The van der Waals surface area contributed by atoms with Crippen molar-refractivity contribution in [1.82, 2.24) is 20.1 Å². The van der Waals surface area contributed by atoms with E-state index in [4.69, 9.17) is 10.5 Å². The standard InChI is InChI=1S/C24H28N6O3/c1-16-7-5-8-17(13-16)22(32)30-23(25)28-24(29-30)27-19-11-6-12-20(14-19)33-15-21(31)26-18-9-3-2-4-10-18/h5-8,11-14,18H,2-4,9-10,15H2,1H3,(H,26,31)(H3,25,27,28,29). The number of rotatable bonds is 7. The maximum atomic E-state index is 12.7. The van der Waals surface area contributed by atoms with Crippen LogP contribution in [-0.4, -0.2) is 39.2 Å². The molecule has 1 aromatic heterocycles. The predicted molar refractivity (Wildman–Crippen MR) is 126 cm³/mol. The van der Waals surface area contributed by atoms with E-state index in [0.717, 1.165) is 35.9 Å². The molecule has 9 heteroatoms. The smallest absolute Gasteiger partial charge is 0.281 e. The molecule has 3 aromatic rings. The number of carbonyl (C=O) groups is 2. The summed E-state index contributed by atoms with van der Waals surface area (Å²) in [4.78, 5) is 29.0. The Balaban J connectivity index is 1.37. The van der Waals surface area contributed by atoms with Gasteiger partial charge in [0.2, 0.25) is 11.9 Å². The number of carbonyl (C=O) groups excluding carboxylic acids is 2. The van der Waals surface area contributed by atoms with Gasteiger partial charge in [-0.05, 0) is 44.0 Å². The normalized spacial score (nSPS) is 14.0. The molecule has 4 N–H and O–H groups in total. The Morgan fingerprint density at radius 1 is 1.12 bits per heavy atom. The highest BCUT2D eigenvalue weighted by atomic mass is 16.5. The molecular weight excluding hydrogens is 420 g/mol. The Morgan fingerprint density at radius 2 is 1.91 bits per heavy atom. The molecule has 0 bridgehead atoms. The number of ether oxygens (including phenoxy) is 1. The second-order valence-corrected chi connectivity index (χ2v) is 8.22. The summed E-state index contributed by atoms with van der Waals surface area (Å²) in [7, 11) is 0. The Bertz CT molecular complexity index is 1140. The summed E-state index contributed by atoms with van der Waals surface area (Å²) in [6.45, 7) is 1.86. The molecule has 0 atom stereocenters. The first-order chi connectivity index (χ1) is 16.0. The van der Waals surface area contributed by atoms with E-state index in [1.807, 2.05) is 13.0 Å². The fourth-order valence-electron chi connectivity index (χ4n) is 3.88. The van der Waals surface area contributed by atoms with Gasteiger partial charge in [0.25, 0.3) is 11.8 Å². The highest BCUT2D eigenvalue weighted by Crippen LogP contribution is 2.21. The molecule has 1 fully saturated rings. The van der Waals surface area contributed by atoms with Crippen molar-refractivity contribution in [3.8, 4) is 5.75 Å². The zero-order chi connectivity index (χ0) is 23.2. The molecule has 33 heavy (non-hydrogen) atoms. The molecule has 0 saturated heterocycles. The molecule has 0 spiro atoms. The van der Waals surface area contributed by atoms with Gasteiger partial charge in [0.15, 0.2) is 6.61 Å². The molecule has 1 heterocycles. The number of nitrogens with zero attached hydrogens (tertiary/aromatic N) is 3. The number of hydrogen-bond donors (Lipinski definition) is 3. The van der Waals surface area contributed by atoms with Crippen LogP contribution in [0, 0.1) is 6.92 Å². The summed E-state index contributed by atoms with van der Waals surface area (Å²) in [6.07, 6.45) is 5.61. The van der Waals surface area contributed by atoms with Crippen LogP contribution in [0.5, 0.6) is 5.75 Å². The number of nitrogen functional groups attached to an aromatic ring is 1. The van der Waals surface area contributed by atoms with Gasteiger partial charge in [0.1, 0.15) is 5.75 Å². The first-order valence-corrected chi connectivity index (χ1v) is 11.1. The maximum Gasteiger partial charge on any atom is 0.281 e. The highest BCUT2D eigenvalue weighted by Gasteiger charge is 2.17. The topological polar surface area (TPSA) is 124 Å². The van der Waals surface area contributed by atoms with Crippen LogP contribution >= 0.6 is 0 Å². The number of nitrogens with one attached hydrogen (secondary N) is 2. The van der Waals surface area contributed by atoms with Crippen LogP contribution in [0.25, 0.3) is 0 Å². The van der Waals surface area contributed by atoms with Crippen LogP contribution in [0.3, 0.4) is 0 Å². The third-order valence-electron chi connectivity index (χ3n) is 5.52. The number of amides is 1. The lowest BCUT2D eigenvalue weighted by Crippen LogP contribution is -2.38. The monoisotopic (exact) mass is 448 g/mol. The highest BCUT2D eigenvalue weighted by molar-refractivity contribution is 5.97. The van der Waals surface area contributed by atoms with E-state index in [2.05, 4.69) is 20.7 Å². The average Bonchev–Trinajstić information content (AvgIpc) is 3.18. The van der Waals surface area contributed by atoms with E-state index < -0.39 is 0 Å². The molecule has 4 rings (SSSR count). The van der Waals surface area contributed by atoms with Crippen LogP contribution in [-0.2, 0) is 4.79 Å². The van der Waals surface area contributed by atoms with Crippen molar-refractivity contribution >= 4 is 29.4 Å². The third kappa shape index (κ3) is 5.88. The SMILES string of the molecule is Cc1cccc(C(=O)n2nc(Nc3cccc(OCC(=O)NC4CCCCC4)c3)nc2N)c1. The van der Waals surface area contributed by atoms with Gasteiger partial charge in [0, 0.05) is 23.4 Å². The quantitative estimate of drug-likeness (QED) is 0.506. The molecule has 9 nitrogen and oxygen atoms in total. The van der Waals surface area contributed by atoms with E-state index in [0.29, 0.717) is 17.0 Å². The van der Waals surface area contributed by atoms with E-state index in [1.54, 1.807) is 42.5 Å². The molecule has 1 amide bonds. The fourth-order valence-corrected chi connectivity index (χ4v) is 3.88. The first-order valence-electron chi connectivity index (χ1n) is 11.1. The molecule has 0 radical (unpaired) electrons. The van der Waals surface area contributed by atoms with Crippen molar-refractivity contribution in [2.75, 3.05) is 17.7 Å². The van der Waals surface area contributed by atoms with Gasteiger partial charge in [-0.3, -0.25) is 9.59 Å². The summed E-state index contributed by atoms with van der Waals surface area (Å²) in [5, 5.41) is 10.2. The third-order valence-corrected chi connectivity index (χ3v) is 5.52. The zero-order valence-corrected chi connectivity index (χ0v) is 18.6. The van der Waals surface area contributed by atoms with Crippen molar-refractivity contribution in [2.24, 2.45) is 0 Å². The minimum Gasteiger partial charge on any atom is -0.484 e. The molecule has 0 unspecified atom stereocenters. The van der Waals surface area contributed by atoms with Gasteiger partial charge in [-0.25, -0.2) is 0 Å². The molecule has 1 aliphatic carbocycles. The molecule has 0 aliphatic heterocycles. The van der Waals surface area contributed by atoms with Crippen LogP contribution in [0.2, 0.25) is 0 Å². The van der Waals surface area contributed by atoms with Crippen molar-refractivity contribution in [2.45, 2.75) is 45.1 Å². The summed E-state index contributed by atoms with van der Waals surface area (Å²) in [5.41, 5.74) is 7.99. The second kappa shape index (κ2) is 10.2. The van der Waals surface area contributed by atoms with E-state index in [1.165, 1.54) is 6.42 Å². The van der Waals surface area contributed by atoms with Crippen LogP contribution in [0.15, 0.2) is 48.5 Å². The lowest BCUT2D eigenvalue weighted by molar-refractivity contribution is -0.124. The Morgan fingerprint density at radius 3 is 2.70 bits per heavy atom. The maximum absolute atomic E-state index is 12.7. The van der Waals surface area contributed by atoms with Crippen LogP contribution < -0.4 is 21.1 Å². The summed E-state index contributed by atoms with van der Waals surface area (Å²) < 4.78 is 6.71. The average molecular weight is 449 g/mol. The van der Waals surface area contributed by atoms with E-state index >= 15 is 0 Å². The largest absolute Gasteiger partial charge is 0.484 e. The molecule has 1 saturated carbocycles. The molecule has 172 valence electrons. The van der Waals surface area contributed by atoms with Gasteiger partial charge >= 0.3 is 0 Å². The molecule has 1 aliphatic rings. The second-order valence-electron chi connectivity index (χ2n) is 8.22. The van der Waals surface area contributed by atoms with Gasteiger partial charge < -0.3 is 21.1 Å². The molecule has 2 aromatic carbocycles. The minimum absolute atomic E-state index is 0.0178. The van der Waals surface area contributed by atoms with Crippen molar-refractivity contribution in [1.29, 1.82) is 0 Å². The minimum atomic E-state index is -0.363. The van der Waals surface area contributed by atoms with Crippen molar-refractivity contribution in [3.63, 3.8) is 0 Å². The van der Waals surface area contributed by atoms with Gasteiger partial charge in [-0.15, -0.1) is 5.10 Å². The lowest BCUT2D eigenvalue weighted by Gasteiger charge is -2.22. The number of aromatic nitrogens is 3.